The van der Waals surface area contributed by atoms with Gasteiger partial charge in [-0.05, 0) is 48.4 Å². The molecular weight excluding hydrogens is 398 g/mol. The number of urea groups is 1. The number of carbonyl (C=O) groups excluding carboxylic acids is 3. The van der Waals surface area contributed by atoms with E-state index in [1.807, 2.05) is 42.5 Å². The maximum Gasteiger partial charge on any atom is 0.322 e. The standard InChI is InChI=1S/C23H19N3O3S/c1-23(21(28)25-22(29)26-23)16-8-5-9-17(14-16)24-20(27)13-11-18-10-12-19(30-18)15-6-3-2-4-7-15/h2-14H,1H3,(H,24,27)(H2,25,26,28,29)/b13-11+. The third-order valence-corrected chi connectivity index (χ3v) is 5.94. The third kappa shape index (κ3) is 4.01. The zero-order chi connectivity index (χ0) is 21.1. The van der Waals surface area contributed by atoms with Crippen molar-refractivity contribution in [2.24, 2.45) is 0 Å². The van der Waals surface area contributed by atoms with Gasteiger partial charge in [0.1, 0.15) is 5.54 Å². The first kappa shape index (κ1) is 19.6. The Morgan fingerprint density at radius 2 is 1.83 bits per heavy atom. The molecule has 30 heavy (non-hydrogen) atoms. The normalized spacial score (nSPS) is 18.3. The summed E-state index contributed by atoms with van der Waals surface area (Å²) in [6.45, 7) is 1.62. The van der Waals surface area contributed by atoms with Gasteiger partial charge in [0.05, 0.1) is 0 Å². The smallest absolute Gasteiger partial charge is 0.322 e. The van der Waals surface area contributed by atoms with Crippen molar-refractivity contribution in [3.8, 4) is 10.4 Å². The fourth-order valence-corrected chi connectivity index (χ4v) is 4.11. The van der Waals surface area contributed by atoms with Crippen LogP contribution in [0.3, 0.4) is 0 Å². The van der Waals surface area contributed by atoms with Gasteiger partial charge in [0.15, 0.2) is 0 Å². The van der Waals surface area contributed by atoms with Crippen molar-refractivity contribution in [3.63, 3.8) is 0 Å². The van der Waals surface area contributed by atoms with Gasteiger partial charge in [-0.25, -0.2) is 4.79 Å². The third-order valence-electron chi connectivity index (χ3n) is 4.84. The number of benzene rings is 2. The lowest BCUT2D eigenvalue weighted by Crippen LogP contribution is -2.40. The van der Waals surface area contributed by atoms with Crippen molar-refractivity contribution in [1.82, 2.24) is 10.6 Å². The number of anilines is 1. The lowest BCUT2D eigenvalue weighted by atomic mass is 9.92. The average molecular weight is 417 g/mol. The summed E-state index contributed by atoms with van der Waals surface area (Å²) in [4.78, 5) is 38.1. The Bertz CT molecular complexity index is 1150. The van der Waals surface area contributed by atoms with Crippen molar-refractivity contribution in [3.05, 3.63) is 83.2 Å². The second-order valence-corrected chi connectivity index (χ2v) is 8.12. The summed E-state index contributed by atoms with van der Waals surface area (Å²) in [7, 11) is 0. The van der Waals surface area contributed by atoms with Gasteiger partial charge >= 0.3 is 6.03 Å². The molecule has 1 aliphatic rings. The summed E-state index contributed by atoms with van der Waals surface area (Å²) in [5.41, 5.74) is 1.09. The number of carbonyl (C=O) groups is 3. The summed E-state index contributed by atoms with van der Waals surface area (Å²) in [6, 6.07) is 20.4. The van der Waals surface area contributed by atoms with Crippen LogP contribution in [0.2, 0.25) is 0 Å². The fourth-order valence-electron chi connectivity index (χ4n) is 3.20. The highest BCUT2D eigenvalue weighted by Crippen LogP contribution is 2.29. The largest absolute Gasteiger partial charge is 0.323 e. The molecule has 1 atom stereocenters. The lowest BCUT2D eigenvalue weighted by Gasteiger charge is -2.21. The summed E-state index contributed by atoms with van der Waals surface area (Å²) >= 11 is 1.60. The number of hydrogen-bond acceptors (Lipinski definition) is 4. The van der Waals surface area contributed by atoms with Crippen LogP contribution in [0.15, 0.2) is 72.8 Å². The Labute approximate surface area is 177 Å². The molecule has 1 saturated heterocycles. The average Bonchev–Trinajstić information content (AvgIpc) is 3.32. The predicted octanol–water partition coefficient (Wildman–Crippen LogP) is 4.12. The zero-order valence-corrected chi connectivity index (χ0v) is 17.0. The first-order valence-electron chi connectivity index (χ1n) is 9.32. The summed E-state index contributed by atoms with van der Waals surface area (Å²) in [6.07, 6.45) is 3.24. The number of thiophene rings is 1. The summed E-state index contributed by atoms with van der Waals surface area (Å²) in [5, 5.41) is 7.64. The molecular formula is C23H19N3O3S. The molecule has 0 aliphatic carbocycles. The molecule has 3 aromatic rings. The minimum absolute atomic E-state index is 0.285. The quantitative estimate of drug-likeness (QED) is 0.431. The van der Waals surface area contributed by atoms with Crippen LogP contribution in [0.25, 0.3) is 16.5 Å². The van der Waals surface area contributed by atoms with E-state index in [4.69, 9.17) is 0 Å². The van der Waals surface area contributed by atoms with E-state index in [-0.39, 0.29) is 5.91 Å². The molecule has 1 unspecified atom stereocenters. The molecule has 2 aromatic carbocycles. The molecule has 4 amide bonds. The van der Waals surface area contributed by atoms with Gasteiger partial charge < -0.3 is 10.6 Å². The number of imide groups is 1. The predicted molar refractivity (Wildman–Crippen MR) is 118 cm³/mol. The van der Waals surface area contributed by atoms with Gasteiger partial charge in [-0.15, -0.1) is 11.3 Å². The summed E-state index contributed by atoms with van der Waals surface area (Å²) < 4.78 is 0. The monoisotopic (exact) mass is 417 g/mol. The number of rotatable bonds is 5. The van der Waals surface area contributed by atoms with E-state index in [2.05, 4.69) is 16.0 Å². The number of nitrogens with one attached hydrogen (secondary N) is 3. The van der Waals surface area contributed by atoms with Gasteiger partial charge in [0.25, 0.3) is 5.91 Å². The zero-order valence-electron chi connectivity index (χ0n) is 16.1. The Balaban J connectivity index is 1.44. The highest BCUT2D eigenvalue weighted by atomic mass is 32.1. The van der Waals surface area contributed by atoms with Crippen LogP contribution in [0.4, 0.5) is 10.5 Å². The van der Waals surface area contributed by atoms with E-state index >= 15 is 0 Å². The van der Waals surface area contributed by atoms with Crippen molar-refractivity contribution in [1.29, 1.82) is 0 Å². The molecule has 4 rings (SSSR count). The second kappa shape index (κ2) is 7.96. The fraction of sp³-hybridized carbons (Fsp3) is 0.0870. The van der Waals surface area contributed by atoms with Gasteiger partial charge in [0, 0.05) is 21.5 Å². The van der Waals surface area contributed by atoms with E-state index in [1.165, 1.54) is 6.08 Å². The van der Waals surface area contributed by atoms with Crippen molar-refractivity contribution in [2.45, 2.75) is 12.5 Å². The molecule has 1 aromatic heterocycles. The first-order chi connectivity index (χ1) is 14.4. The molecule has 1 aliphatic heterocycles. The highest BCUT2D eigenvalue weighted by Gasteiger charge is 2.43. The van der Waals surface area contributed by atoms with E-state index in [0.717, 1.165) is 15.3 Å². The first-order valence-corrected chi connectivity index (χ1v) is 10.1. The second-order valence-electron chi connectivity index (χ2n) is 7.00. The van der Waals surface area contributed by atoms with Crippen LogP contribution >= 0.6 is 11.3 Å². The molecule has 2 heterocycles. The Hall–Kier alpha value is -3.71. The van der Waals surface area contributed by atoms with E-state index in [9.17, 15) is 14.4 Å². The lowest BCUT2D eigenvalue weighted by molar-refractivity contribution is -0.123. The van der Waals surface area contributed by atoms with Crippen LogP contribution in [-0.4, -0.2) is 17.8 Å². The Kier molecular flexibility index (Phi) is 5.20. The number of hydrogen-bond donors (Lipinski definition) is 3. The SMILES string of the molecule is CC1(c2cccc(NC(=O)/C=C/c3ccc(-c4ccccc4)s3)c2)NC(=O)NC1=O. The minimum atomic E-state index is -1.17. The summed E-state index contributed by atoms with van der Waals surface area (Å²) in [5.74, 6) is -0.713. The Morgan fingerprint density at radius 3 is 2.57 bits per heavy atom. The molecule has 0 saturated carbocycles. The molecule has 0 bridgehead atoms. The molecule has 1 fully saturated rings. The van der Waals surface area contributed by atoms with E-state index in [0.29, 0.717) is 11.3 Å². The minimum Gasteiger partial charge on any atom is -0.323 e. The highest BCUT2D eigenvalue weighted by molar-refractivity contribution is 7.16. The molecule has 0 radical (unpaired) electrons. The van der Waals surface area contributed by atoms with E-state index < -0.39 is 17.5 Å². The van der Waals surface area contributed by atoms with Crippen LogP contribution in [0.1, 0.15) is 17.4 Å². The van der Waals surface area contributed by atoms with Crippen molar-refractivity contribution < 1.29 is 14.4 Å². The van der Waals surface area contributed by atoms with Crippen molar-refractivity contribution >= 4 is 40.9 Å². The van der Waals surface area contributed by atoms with Gasteiger partial charge in [0.2, 0.25) is 5.91 Å². The van der Waals surface area contributed by atoms with E-state index in [1.54, 1.807) is 48.6 Å². The number of amides is 4. The molecule has 6 nitrogen and oxygen atoms in total. The van der Waals surface area contributed by atoms with Crippen molar-refractivity contribution in [2.75, 3.05) is 5.32 Å². The molecule has 150 valence electrons. The maximum absolute atomic E-state index is 12.3. The van der Waals surface area contributed by atoms with Crippen LogP contribution in [0.5, 0.6) is 0 Å². The maximum atomic E-state index is 12.3. The molecule has 3 N–H and O–H groups in total. The Morgan fingerprint density at radius 1 is 1.03 bits per heavy atom. The van der Waals surface area contributed by atoms with Gasteiger partial charge in [-0.1, -0.05) is 42.5 Å². The van der Waals surface area contributed by atoms with Crippen LogP contribution in [0, 0.1) is 0 Å². The van der Waals surface area contributed by atoms with Gasteiger partial charge in [-0.3, -0.25) is 14.9 Å². The van der Waals surface area contributed by atoms with Crippen LogP contribution in [-0.2, 0) is 15.1 Å². The van der Waals surface area contributed by atoms with Gasteiger partial charge in [-0.2, -0.15) is 0 Å². The topological polar surface area (TPSA) is 87.3 Å². The van der Waals surface area contributed by atoms with Crippen LogP contribution < -0.4 is 16.0 Å². The molecule has 0 spiro atoms. The molecule has 7 heteroatoms.